The minimum Gasteiger partial charge on any atom is -0.323 e. The average Bonchev–Trinajstić information content (AvgIpc) is 2.97. The van der Waals surface area contributed by atoms with E-state index in [9.17, 15) is 9.59 Å². The smallest absolute Gasteiger partial charge is 0.323 e. The van der Waals surface area contributed by atoms with Crippen LogP contribution in [0.4, 0.5) is 10.5 Å². The predicted molar refractivity (Wildman–Crippen MR) is 63.9 cm³/mol. The van der Waals surface area contributed by atoms with E-state index < -0.39 is 5.54 Å². The lowest BCUT2D eigenvalue weighted by molar-refractivity contribution is -0.119. The molecule has 0 radical (unpaired) electrons. The lowest BCUT2D eigenvalue weighted by atomic mass is 10.1. The van der Waals surface area contributed by atoms with Crippen molar-refractivity contribution < 1.29 is 9.59 Å². The van der Waals surface area contributed by atoms with Crippen LogP contribution in [-0.4, -0.2) is 17.5 Å². The number of aryl methyl sites for hydroxylation is 2. The third-order valence-corrected chi connectivity index (χ3v) is 3.50. The maximum Gasteiger partial charge on any atom is 0.329 e. The Morgan fingerprint density at radius 2 is 1.94 bits per heavy atom. The number of carbonyl (C=O) groups is 2. The van der Waals surface area contributed by atoms with Crippen molar-refractivity contribution in [3.8, 4) is 0 Å². The summed E-state index contributed by atoms with van der Waals surface area (Å²) in [5.74, 6) is -0.102. The van der Waals surface area contributed by atoms with E-state index in [4.69, 9.17) is 0 Å². The quantitative estimate of drug-likeness (QED) is 0.749. The Kier molecular flexibility index (Phi) is 1.88. The molecule has 0 atom stereocenters. The van der Waals surface area contributed by atoms with Crippen LogP contribution in [0.15, 0.2) is 18.2 Å². The molecule has 2 fully saturated rings. The second-order valence-corrected chi connectivity index (χ2v) is 4.94. The van der Waals surface area contributed by atoms with Crippen molar-refractivity contribution in [3.05, 3.63) is 29.3 Å². The molecule has 1 aliphatic carbocycles. The zero-order chi connectivity index (χ0) is 12.2. The Hall–Kier alpha value is -1.84. The molecule has 1 saturated carbocycles. The first-order valence-electron chi connectivity index (χ1n) is 5.77. The van der Waals surface area contributed by atoms with Gasteiger partial charge in [0.15, 0.2) is 0 Å². The van der Waals surface area contributed by atoms with E-state index in [2.05, 4.69) is 5.32 Å². The molecular formula is C13H14N2O2. The molecule has 3 amide bonds. The third kappa shape index (κ3) is 1.37. The van der Waals surface area contributed by atoms with Crippen LogP contribution in [0.1, 0.15) is 24.0 Å². The van der Waals surface area contributed by atoms with Gasteiger partial charge in [0, 0.05) is 0 Å². The van der Waals surface area contributed by atoms with Gasteiger partial charge in [-0.3, -0.25) is 4.79 Å². The van der Waals surface area contributed by atoms with E-state index in [0.29, 0.717) is 5.69 Å². The summed E-state index contributed by atoms with van der Waals surface area (Å²) < 4.78 is 0. The summed E-state index contributed by atoms with van der Waals surface area (Å²) in [5.41, 5.74) is 2.20. The molecule has 0 unspecified atom stereocenters. The molecule has 1 spiro atoms. The van der Waals surface area contributed by atoms with Gasteiger partial charge in [0.2, 0.25) is 0 Å². The highest BCUT2D eigenvalue weighted by molar-refractivity contribution is 6.24. The standard InChI is InChI=1S/C13H14N2O2/c1-8-3-4-10(9(2)7-8)15-11(16)13(5-6-13)14-12(15)17/h3-4,7H,5-6H2,1-2H3,(H,14,17). The van der Waals surface area contributed by atoms with Gasteiger partial charge in [0.25, 0.3) is 5.91 Å². The van der Waals surface area contributed by atoms with E-state index in [1.165, 1.54) is 4.90 Å². The molecule has 1 saturated heterocycles. The first-order valence-corrected chi connectivity index (χ1v) is 5.77. The molecular weight excluding hydrogens is 216 g/mol. The molecule has 1 N–H and O–H groups in total. The topological polar surface area (TPSA) is 49.4 Å². The number of benzene rings is 1. The lowest BCUT2D eigenvalue weighted by Gasteiger charge is -2.16. The molecule has 1 aliphatic heterocycles. The van der Waals surface area contributed by atoms with Crippen LogP contribution in [0.5, 0.6) is 0 Å². The van der Waals surface area contributed by atoms with Crippen molar-refractivity contribution >= 4 is 17.6 Å². The number of rotatable bonds is 1. The van der Waals surface area contributed by atoms with Crippen LogP contribution in [0.2, 0.25) is 0 Å². The number of hydrogen-bond acceptors (Lipinski definition) is 2. The van der Waals surface area contributed by atoms with Crippen LogP contribution in [0.25, 0.3) is 0 Å². The van der Waals surface area contributed by atoms with E-state index in [-0.39, 0.29) is 11.9 Å². The average molecular weight is 230 g/mol. The largest absolute Gasteiger partial charge is 0.329 e. The van der Waals surface area contributed by atoms with E-state index >= 15 is 0 Å². The molecule has 1 heterocycles. The van der Waals surface area contributed by atoms with Gasteiger partial charge in [-0.2, -0.15) is 0 Å². The number of imide groups is 1. The van der Waals surface area contributed by atoms with Crippen LogP contribution >= 0.6 is 0 Å². The Balaban J connectivity index is 2.04. The van der Waals surface area contributed by atoms with Gasteiger partial charge >= 0.3 is 6.03 Å². The fourth-order valence-corrected chi connectivity index (χ4v) is 2.36. The van der Waals surface area contributed by atoms with Crippen LogP contribution < -0.4 is 10.2 Å². The Morgan fingerprint density at radius 1 is 1.24 bits per heavy atom. The van der Waals surface area contributed by atoms with Gasteiger partial charge in [0.1, 0.15) is 5.54 Å². The van der Waals surface area contributed by atoms with Gasteiger partial charge in [-0.15, -0.1) is 0 Å². The van der Waals surface area contributed by atoms with Crippen LogP contribution in [0, 0.1) is 13.8 Å². The number of hydrogen-bond donors (Lipinski definition) is 1. The van der Waals surface area contributed by atoms with E-state index in [1.54, 1.807) is 0 Å². The van der Waals surface area contributed by atoms with Crippen LogP contribution in [0.3, 0.4) is 0 Å². The summed E-state index contributed by atoms with van der Waals surface area (Å²) in [6, 6.07) is 5.44. The van der Waals surface area contributed by atoms with Crippen molar-refractivity contribution in [2.24, 2.45) is 0 Å². The molecule has 88 valence electrons. The van der Waals surface area contributed by atoms with Gasteiger partial charge in [-0.1, -0.05) is 17.7 Å². The highest BCUT2D eigenvalue weighted by Crippen LogP contribution is 2.42. The van der Waals surface area contributed by atoms with Gasteiger partial charge in [-0.25, -0.2) is 9.69 Å². The first-order chi connectivity index (χ1) is 8.03. The molecule has 1 aromatic rings. The maximum atomic E-state index is 12.2. The zero-order valence-electron chi connectivity index (χ0n) is 9.91. The fraction of sp³-hybridized carbons (Fsp3) is 0.385. The molecule has 4 heteroatoms. The van der Waals surface area contributed by atoms with Crippen molar-refractivity contribution in [2.45, 2.75) is 32.2 Å². The summed E-state index contributed by atoms with van der Waals surface area (Å²) in [6.45, 7) is 3.91. The number of urea groups is 1. The normalized spacial score (nSPS) is 20.9. The lowest BCUT2D eigenvalue weighted by Crippen LogP contribution is -2.32. The summed E-state index contributed by atoms with van der Waals surface area (Å²) in [6.07, 6.45) is 1.53. The van der Waals surface area contributed by atoms with E-state index in [0.717, 1.165) is 24.0 Å². The van der Waals surface area contributed by atoms with E-state index in [1.807, 2.05) is 32.0 Å². The third-order valence-electron chi connectivity index (χ3n) is 3.50. The highest BCUT2D eigenvalue weighted by Gasteiger charge is 2.60. The monoisotopic (exact) mass is 230 g/mol. The summed E-state index contributed by atoms with van der Waals surface area (Å²) >= 11 is 0. The molecule has 1 aromatic carbocycles. The first kappa shape index (κ1) is 10.3. The molecule has 3 rings (SSSR count). The fourth-order valence-electron chi connectivity index (χ4n) is 2.36. The van der Waals surface area contributed by atoms with Crippen molar-refractivity contribution in [3.63, 3.8) is 0 Å². The van der Waals surface area contributed by atoms with Gasteiger partial charge < -0.3 is 5.32 Å². The summed E-state index contributed by atoms with van der Waals surface area (Å²) in [7, 11) is 0. The highest BCUT2D eigenvalue weighted by atomic mass is 16.2. The minimum absolute atomic E-state index is 0.102. The zero-order valence-corrected chi connectivity index (χ0v) is 9.91. The molecule has 0 aromatic heterocycles. The second-order valence-electron chi connectivity index (χ2n) is 4.94. The number of nitrogens with zero attached hydrogens (tertiary/aromatic N) is 1. The maximum absolute atomic E-state index is 12.2. The van der Waals surface area contributed by atoms with Crippen LogP contribution in [-0.2, 0) is 4.79 Å². The molecule has 17 heavy (non-hydrogen) atoms. The molecule has 0 bridgehead atoms. The Morgan fingerprint density at radius 3 is 2.47 bits per heavy atom. The SMILES string of the molecule is Cc1ccc(N2C(=O)NC3(CC3)C2=O)c(C)c1. The van der Waals surface area contributed by atoms with Gasteiger partial charge in [-0.05, 0) is 38.3 Å². The Labute approximate surface area is 99.6 Å². The minimum atomic E-state index is -0.575. The predicted octanol–water partition coefficient (Wildman–Crippen LogP) is 1.89. The summed E-state index contributed by atoms with van der Waals surface area (Å²) in [5, 5.41) is 2.78. The molecule has 4 nitrogen and oxygen atoms in total. The van der Waals surface area contributed by atoms with Gasteiger partial charge in [0.05, 0.1) is 5.69 Å². The van der Waals surface area contributed by atoms with Crippen molar-refractivity contribution in [2.75, 3.05) is 4.90 Å². The van der Waals surface area contributed by atoms with Crippen molar-refractivity contribution in [1.29, 1.82) is 0 Å². The van der Waals surface area contributed by atoms with Crippen molar-refractivity contribution in [1.82, 2.24) is 5.32 Å². The Bertz CT molecular complexity index is 532. The number of anilines is 1. The number of amides is 3. The second kappa shape index (κ2) is 3.09. The molecule has 2 aliphatic rings. The number of nitrogens with one attached hydrogen (secondary N) is 1. The summed E-state index contributed by atoms with van der Waals surface area (Å²) in [4.78, 5) is 25.3. The number of carbonyl (C=O) groups excluding carboxylic acids is 2.